The number of hydrogen-bond acceptors (Lipinski definition) is 14. The summed E-state index contributed by atoms with van der Waals surface area (Å²) >= 11 is 0. The minimum atomic E-state index is -0.305. The number of aryl methyl sites for hydroxylation is 11. The van der Waals surface area contributed by atoms with Crippen LogP contribution in [0.1, 0.15) is 172 Å². The van der Waals surface area contributed by atoms with Gasteiger partial charge in [0.2, 0.25) is 0 Å². The molecule has 682 valence electrons. The summed E-state index contributed by atoms with van der Waals surface area (Å²) in [6, 6.07) is 90.7. The Hall–Kier alpha value is -13.7. The highest BCUT2D eigenvalue weighted by Crippen LogP contribution is 2.54. The molecule has 5 atom stereocenters. The maximum atomic E-state index is 5.05. The van der Waals surface area contributed by atoms with Crippen LogP contribution < -0.4 is 39.2 Å². The van der Waals surface area contributed by atoms with Crippen molar-refractivity contribution in [3.05, 3.63) is 366 Å². The van der Waals surface area contributed by atoms with Gasteiger partial charge in [-0.1, -0.05) is 158 Å². The van der Waals surface area contributed by atoms with Crippen molar-refractivity contribution >= 4 is 84.5 Å². The van der Waals surface area contributed by atoms with Gasteiger partial charge in [0.05, 0.1) is 96.1 Å². The van der Waals surface area contributed by atoms with Gasteiger partial charge in [0, 0.05) is 112 Å². The lowest BCUT2D eigenvalue weighted by molar-refractivity contribution is 0.143. The number of para-hydroxylation sites is 14. The molecule has 0 radical (unpaired) electrons. The average Bonchev–Trinajstić information content (AvgIpc) is 1.57. The maximum absolute atomic E-state index is 5.05. The molecule has 20 rings (SSSR count). The molecule has 0 bridgehead atoms. The standard InChI is InChI=1S/C27H29N3.C26H28N4.C22H26N4.2C19H26N4/c1-19-12-6-8-14-22(19)29-20(2)30(25-17-11-10-16-24(25)29)27(3,4)26-18-21-13-7-9-15-23(21)28(26)5;1-18-12-6-8-14-21(18)29-19(2)30(24-17-11-10-16-23(24)29)26(3,4)25-27-20-13-7-9-15-22(20)28(25)5;1-16-10-6-7-11-18(16)25-17(2)26(20-13-9-8-12-19(20)25)22(3,4)21-23-14-15-24(21)5;1-14-9-7-8-10-17(14)22-11-12-23(16(22)3)19(4,5)18-13-20-15(2)21(18)6;1-14-9-7-8-10-17(14)22-11-12-23(16(22)3)19(4,5)18-13-15(2)20-21(18)6/h6-18,20H,1-5H3;6-17,19H,1-5H3;6-15,17H,1-5H3;2*7-13,16H,1-6H3/t20-;19-;17-;2*16-/m11111/s1. The molecule has 0 fully saturated rings. The fourth-order valence-corrected chi connectivity index (χ4v) is 22.0. The highest BCUT2D eigenvalue weighted by Gasteiger charge is 2.49. The molecule has 10 heterocycles. The van der Waals surface area contributed by atoms with Crippen molar-refractivity contribution in [2.75, 3.05) is 39.2 Å². The highest BCUT2D eigenvalue weighted by atomic mass is 15.5. The summed E-state index contributed by atoms with van der Waals surface area (Å²) in [6.45, 7) is 49.1. The van der Waals surface area contributed by atoms with Crippen molar-refractivity contribution in [2.45, 2.75) is 211 Å². The Labute approximate surface area is 784 Å². The summed E-state index contributed by atoms with van der Waals surface area (Å²) < 4.78 is 10.9. The molecule has 5 aliphatic heterocycles. The molecule has 0 spiro atoms. The van der Waals surface area contributed by atoms with E-state index < -0.39 is 0 Å². The van der Waals surface area contributed by atoms with E-state index in [4.69, 9.17) is 4.98 Å². The van der Waals surface area contributed by atoms with E-state index in [0.29, 0.717) is 0 Å². The molecule has 19 nitrogen and oxygen atoms in total. The normalized spacial score (nSPS) is 17.1. The molecule has 5 aromatic heterocycles. The van der Waals surface area contributed by atoms with Gasteiger partial charge >= 0.3 is 0 Å². The van der Waals surface area contributed by atoms with Crippen LogP contribution in [-0.2, 0) is 62.9 Å². The predicted octanol–water partition coefficient (Wildman–Crippen LogP) is 25.6. The Kier molecular flexibility index (Phi) is 24.9. The lowest BCUT2D eigenvalue weighted by Gasteiger charge is -2.42. The van der Waals surface area contributed by atoms with Gasteiger partial charge in [-0.25, -0.2) is 15.0 Å². The second-order valence-electron chi connectivity index (χ2n) is 38.8. The van der Waals surface area contributed by atoms with Gasteiger partial charge in [-0.15, -0.1) is 0 Å². The van der Waals surface area contributed by atoms with Crippen LogP contribution in [0.5, 0.6) is 0 Å². The summed E-state index contributed by atoms with van der Waals surface area (Å²) in [7, 11) is 10.5. The summed E-state index contributed by atoms with van der Waals surface area (Å²) in [5.74, 6) is 3.17. The van der Waals surface area contributed by atoms with E-state index in [2.05, 4.69) is 529 Å². The van der Waals surface area contributed by atoms with Crippen LogP contribution >= 0.6 is 0 Å². The van der Waals surface area contributed by atoms with Crippen LogP contribution in [0.4, 0.5) is 62.6 Å². The first-order chi connectivity index (χ1) is 62.9. The van der Waals surface area contributed by atoms with Gasteiger partial charge in [-0.05, 0) is 283 Å². The van der Waals surface area contributed by atoms with Crippen molar-refractivity contribution in [1.82, 2.24) is 52.8 Å². The van der Waals surface area contributed by atoms with Gasteiger partial charge < -0.3 is 67.3 Å². The lowest BCUT2D eigenvalue weighted by atomic mass is 9.96. The van der Waals surface area contributed by atoms with Crippen LogP contribution in [-0.4, -0.2) is 83.6 Å². The summed E-state index contributed by atoms with van der Waals surface area (Å²) in [4.78, 5) is 38.6. The summed E-state index contributed by atoms with van der Waals surface area (Å²) in [6.07, 6.45) is 15.7. The third-order valence-electron chi connectivity index (χ3n) is 28.6. The maximum Gasteiger partial charge on any atom is 0.135 e. The highest BCUT2D eigenvalue weighted by molar-refractivity contribution is 5.89. The third-order valence-corrected chi connectivity index (χ3v) is 28.6. The van der Waals surface area contributed by atoms with Gasteiger partial charge in [-0.3, -0.25) is 4.68 Å². The molecule has 0 saturated heterocycles. The van der Waals surface area contributed by atoms with Crippen LogP contribution in [0.25, 0.3) is 21.9 Å². The van der Waals surface area contributed by atoms with E-state index in [9.17, 15) is 0 Å². The van der Waals surface area contributed by atoms with E-state index in [-0.39, 0.29) is 58.5 Å². The summed E-state index contributed by atoms with van der Waals surface area (Å²) in [5, 5.41) is 5.81. The molecule has 0 amide bonds. The second-order valence-corrected chi connectivity index (χ2v) is 38.8. The van der Waals surface area contributed by atoms with E-state index in [1.165, 1.54) is 118 Å². The number of imidazole rings is 3. The zero-order valence-corrected chi connectivity index (χ0v) is 82.7. The lowest BCUT2D eigenvalue weighted by Crippen LogP contribution is -2.50. The van der Waals surface area contributed by atoms with Crippen molar-refractivity contribution in [1.29, 1.82) is 0 Å². The van der Waals surface area contributed by atoms with Crippen LogP contribution in [0.2, 0.25) is 0 Å². The SMILES string of the molecule is Cc1cc(C(C)(C)N2C=CN(c3ccccc3C)[C@H]2C)n(C)n1.Cc1ccccc1N1C=CN(C(C)(C)c2cnc(C)n2C)[C@@H]1C.Cc1ccccc1N1c2ccccc2N(C(C)(C)c2cc3ccccc3n2C)[C@@H]1C.Cc1ccccc1N1c2ccccc2N(C(C)(C)c2nc3ccccc3n2C)[C@@H]1C.Cc1ccccc1N1c2ccccc2N(C(C)(C)c2nccn2C)[C@@H]1C. The third kappa shape index (κ3) is 16.2. The van der Waals surface area contributed by atoms with Gasteiger partial charge in [0.25, 0.3) is 0 Å². The van der Waals surface area contributed by atoms with Crippen molar-refractivity contribution < 1.29 is 0 Å². The fraction of sp³-hybridized carbons (Fsp3) is 0.327. The Morgan fingerprint density at radius 2 is 0.652 bits per heavy atom. The monoisotopic (exact) mass is 1760 g/mol. The molecule has 0 unspecified atom stereocenters. The Balaban J connectivity index is 0.000000121. The smallest absolute Gasteiger partial charge is 0.135 e. The first kappa shape index (κ1) is 91.6. The van der Waals surface area contributed by atoms with E-state index in [1.54, 1.807) is 0 Å². The zero-order chi connectivity index (χ0) is 94.1. The fourth-order valence-electron chi connectivity index (χ4n) is 22.0. The Morgan fingerprint density at radius 1 is 0.295 bits per heavy atom. The molecule has 19 heteroatoms. The van der Waals surface area contributed by atoms with Crippen LogP contribution in [0.15, 0.2) is 298 Å². The largest absolute Gasteiger partial charge is 0.346 e. The molecule has 0 saturated carbocycles. The molecule has 0 aliphatic carbocycles. The number of anilines is 11. The first-order valence-corrected chi connectivity index (χ1v) is 46.7. The number of nitrogens with zero attached hydrogens (tertiary/aromatic N) is 19. The van der Waals surface area contributed by atoms with Crippen molar-refractivity contribution in [3.63, 3.8) is 0 Å². The quantitative estimate of drug-likeness (QED) is 0.0971. The van der Waals surface area contributed by atoms with E-state index in [0.717, 1.165) is 34.2 Å². The minimum Gasteiger partial charge on any atom is -0.346 e. The Morgan fingerprint density at radius 3 is 1.02 bits per heavy atom. The molecular formula is C113H135N19. The van der Waals surface area contributed by atoms with Gasteiger partial charge in [-0.2, -0.15) is 5.10 Å². The van der Waals surface area contributed by atoms with E-state index >= 15 is 0 Å². The molecule has 10 aromatic carbocycles. The number of aromatic nitrogens is 9. The van der Waals surface area contributed by atoms with Crippen LogP contribution in [0, 0.1) is 48.5 Å². The number of rotatable bonds is 15. The Bertz CT molecular complexity index is 6460. The molecule has 132 heavy (non-hydrogen) atoms. The molecule has 15 aromatic rings. The average molecular weight is 1760 g/mol. The van der Waals surface area contributed by atoms with Crippen LogP contribution in [0.3, 0.4) is 0 Å². The van der Waals surface area contributed by atoms with E-state index in [1.807, 2.05) is 44.2 Å². The van der Waals surface area contributed by atoms with Crippen molar-refractivity contribution in [3.8, 4) is 0 Å². The number of fused-ring (bicyclic) bond motifs is 5. The number of hydrogen-bond donors (Lipinski definition) is 0. The molecular weight excluding hydrogens is 1620 g/mol. The van der Waals surface area contributed by atoms with Gasteiger partial charge in [0.15, 0.2) is 0 Å². The first-order valence-electron chi connectivity index (χ1n) is 46.7. The predicted molar refractivity (Wildman–Crippen MR) is 551 cm³/mol. The molecule has 5 aliphatic rings. The second kappa shape index (κ2) is 35.9. The van der Waals surface area contributed by atoms with Gasteiger partial charge in [0.1, 0.15) is 48.3 Å². The van der Waals surface area contributed by atoms with Crippen molar-refractivity contribution in [2.24, 2.45) is 35.2 Å². The molecule has 0 N–H and O–H groups in total. The zero-order valence-electron chi connectivity index (χ0n) is 82.7. The number of benzene rings is 10. The minimum absolute atomic E-state index is 0.136. The summed E-state index contributed by atoms with van der Waals surface area (Å²) in [5.41, 5.74) is 27.5. The topological polar surface area (TPSA) is 109 Å².